The molecule has 5 heteroatoms. The first-order valence-corrected chi connectivity index (χ1v) is 5.16. The Morgan fingerprint density at radius 1 is 1.64 bits per heavy atom. The summed E-state index contributed by atoms with van der Waals surface area (Å²) in [5.74, 6) is 0. The molecule has 0 aliphatic rings. The van der Waals surface area contributed by atoms with Gasteiger partial charge in [0.05, 0.1) is 12.5 Å². The Hall–Kier alpha value is -1.36. The molecule has 0 aliphatic heterocycles. The van der Waals surface area contributed by atoms with Crippen LogP contribution in [0.3, 0.4) is 0 Å². The van der Waals surface area contributed by atoms with Crippen molar-refractivity contribution in [3.05, 3.63) is 30.5 Å². The van der Waals surface area contributed by atoms with Gasteiger partial charge in [-0.1, -0.05) is 0 Å². The second-order valence-electron chi connectivity index (χ2n) is 3.13. The molecule has 0 fully saturated rings. The molecule has 0 aliphatic carbocycles. The van der Waals surface area contributed by atoms with Crippen LogP contribution in [-0.2, 0) is 6.42 Å². The lowest BCUT2D eigenvalue weighted by atomic mass is 10.1. The molecule has 0 amide bonds. The van der Waals surface area contributed by atoms with E-state index in [1.807, 2.05) is 6.07 Å². The van der Waals surface area contributed by atoms with E-state index >= 15 is 0 Å². The van der Waals surface area contributed by atoms with Crippen molar-refractivity contribution in [1.29, 1.82) is 0 Å². The molecule has 0 aromatic carbocycles. The minimum absolute atomic E-state index is 0.334. The zero-order valence-corrected chi connectivity index (χ0v) is 8.62. The largest absolute Gasteiger partial charge is 0.472 e. The van der Waals surface area contributed by atoms with Gasteiger partial charge < -0.3 is 9.73 Å². The maximum absolute atomic E-state index is 5.00. The molecule has 2 heterocycles. The van der Waals surface area contributed by atoms with Gasteiger partial charge in [0.15, 0.2) is 0 Å². The summed E-state index contributed by atoms with van der Waals surface area (Å²) in [7, 11) is 0. The summed E-state index contributed by atoms with van der Waals surface area (Å²) in [6.07, 6.45) is 5.93. The molecule has 1 unspecified atom stereocenters. The lowest BCUT2D eigenvalue weighted by Crippen LogP contribution is -2.17. The Balaban J connectivity index is 1.88. The highest BCUT2D eigenvalue weighted by molar-refractivity contribution is 7.09. The van der Waals surface area contributed by atoms with E-state index < -0.39 is 0 Å². The summed E-state index contributed by atoms with van der Waals surface area (Å²) in [6.45, 7) is 2.11. The van der Waals surface area contributed by atoms with Gasteiger partial charge in [-0.3, -0.25) is 0 Å². The van der Waals surface area contributed by atoms with Crippen molar-refractivity contribution in [3.63, 3.8) is 0 Å². The summed E-state index contributed by atoms with van der Waals surface area (Å²) in [4.78, 5) is 4.06. The number of nitrogens with zero attached hydrogens (tertiary/aromatic N) is 2. The Morgan fingerprint density at radius 3 is 3.21 bits per heavy atom. The third-order valence-electron chi connectivity index (χ3n) is 1.85. The van der Waals surface area contributed by atoms with E-state index in [-0.39, 0.29) is 0 Å². The predicted molar refractivity (Wildman–Crippen MR) is 55.4 cm³/mol. The zero-order valence-electron chi connectivity index (χ0n) is 7.80. The van der Waals surface area contributed by atoms with Crippen LogP contribution in [0.1, 0.15) is 12.5 Å². The summed E-state index contributed by atoms with van der Waals surface area (Å²) < 4.78 is 8.92. The lowest BCUT2D eigenvalue weighted by molar-refractivity contribution is 0.562. The van der Waals surface area contributed by atoms with Crippen LogP contribution >= 0.6 is 11.5 Å². The van der Waals surface area contributed by atoms with E-state index in [0.717, 1.165) is 11.6 Å². The number of furan rings is 1. The number of rotatable bonds is 4. The number of hydrogen-bond donors (Lipinski definition) is 1. The zero-order chi connectivity index (χ0) is 9.80. The SMILES string of the molecule is CC(Cc1ccoc1)Nc1ncns1. The van der Waals surface area contributed by atoms with Gasteiger partial charge in [-0.05, 0) is 25.0 Å². The Morgan fingerprint density at radius 2 is 2.57 bits per heavy atom. The van der Waals surface area contributed by atoms with Gasteiger partial charge >= 0.3 is 0 Å². The van der Waals surface area contributed by atoms with Gasteiger partial charge in [0.1, 0.15) is 6.33 Å². The van der Waals surface area contributed by atoms with Gasteiger partial charge in [0.2, 0.25) is 5.13 Å². The molecule has 2 rings (SSSR count). The highest BCUT2D eigenvalue weighted by Gasteiger charge is 2.05. The van der Waals surface area contributed by atoms with Crippen molar-refractivity contribution < 1.29 is 4.42 Å². The van der Waals surface area contributed by atoms with Gasteiger partial charge in [-0.2, -0.15) is 4.37 Å². The average molecular weight is 209 g/mol. The fraction of sp³-hybridized carbons (Fsp3) is 0.333. The molecule has 2 aromatic rings. The van der Waals surface area contributed by atoms with Crippen molar-refractivity contribution in [2.24, 2.45) is 0 Å². The van der Waals surface area contributed by atoms with Crippen molar-refractivity contribution in [1.82, 2.24) is 9.36 Å². The molecule has 14 heavy (non-hydrogen) atoms. The minimum Gasteiger partial charge on any atom is -0.472 e. The van der Waals surface area contributed by atoms with Crippen LogP contribution in [0.15, 0.2) is 29.3 Å². The highest BCUT2D eigenvalue weighted by atomic mass is 32.1. The fourth-order valence-electron chi connectivity index (χ4n) is 1.26. The molecule has 1 atom stereocenters. The molecule has 0 saturated carbocycles. The maximum Gasteiger partial charge on any atom is 0.202 e. The third kappa shape index (κ3) is 2.32. The first-order valence-electron chi connectivity index (χ1n) is 4.39. The average Bonchev–Trinajstić information content (AvgIpc) is 2.76. The van der Waals surface area contributed by atoms with Gasteiger partial charge in [-0.25, -0.2) is 4.98 Å². The summed E-state index contributed by atoms with van der Waals surface area (Å²) in [5, 5.41) is 4.13. The van der Waals surface area contributed by atoms with Crippen molar-refractivity contribution in [2.45, 2.75) is 19.4 Å². The van der Waals surface area contributed by atoms with Crippen LogP contribution in [-0.4, -0.2) is 15.4 Å². The third-order valence-corrected chi connectivity index (χ3v) is 2.45. The smallest absolute Gasteiger partial charge is 0.202 e. The van der Waals surface area contributed by atoms with Crippen molar-refractivity contribution in [3.8, 4) is 0 Å². The fourth-order valence-corrected chi connectivity index (χ4v) is 1.80. The molecule has 1 N–H and O–H groups in total. The van der Waals surface area contributed by atoms with Crippen LogP contribution in [0.4, 0.5) is 5.13 Å². The second kappa shape index (κ2) is 4.23. The molecule has 0 radical (unpaired) electrons. The quantitative estimate of drug-likeness (QED) is 0.838. The van der Waals surface area contributed by atoms with Gasteiger partial charge in [0.25, 0.3) is 0 Å². The number of nitrogens with one attached hydrogen (secondary N) is 1. The van der Waals surface area contributed by atoms with E-state index in [4.69, 9.17) is 4.42 Å². The van der Waals surface area contributed by atoms with Crippen molar-refractivity contribution >= 4 is 16.7 Å². The molecule has 0 saturated heterocycles. The topological polar surface area (TPSA) is 51.0 Å². The highest BCUT2D eigenvalue weighted by Crippen LogP contribution is 2.11. The van der Waals surface area contributed by atoms with Crippen LogP contribution in [0.5, 0.6) is 0 Å². The number of hydrogen-bond acceptors (Lipinski definition) is 5. The Kier molecular flexibility index (Phi) is 2.78. The summed E-state index contributed by atoms with van der Waals surface area (Å²) in [6, 6.07) is 2.30. The molecule has 0 spiro atoms. The van der Waals surface area contributed by atoms with Gasteiger partial charge in [0, 0.05) is 17.6 Å². The van der Waals surface area contributed by atoms with Crippen LogP contribution in [0.2, 0.25) is 0 Å². The molecule has 74 valence electrons. The maximum atomic E-state index is 5.00. The van der Waals surface area contributed by atoms with Gasteiger partial charge in [-0.15, -0.1) is 0 Å². The normalized spacial score (nSPS) is 12.6. The minimum atomic E-state index is 0.334. The number of anilines is 1. The monoisotopic (exact) mass is 209 g/mol. The number of aromatic nitrogens is 2. The Labute approximate surface area is 86.1 Å². The van der Waals surface area contributed by atoms with E-state index in [9.17, 15) is 0 Å². The molecule has 0 bridgehead atoms. The van der Waals surface area contributed by atoms with E-state index in [2.05, 4.69) is 21.6 Å². The Bertz CT molecular complexity index is 321. The first kappa shape index (κ1) is 9.21. The molecule has 2 aromatic heterocycles. The lowest BCUT2D eigenvalue weighted by Gasteiger charge is -2.10. The summed E-state index contributed by atoms with van der Waals surface area (Å²) in [5.41, 5.74) is 1.19. The van der Waals surface area contributed by atoms with Crippen molar-refractivity contribution in [2.75, 3.05) is 5.32 Å². The van der Waals surface area contributed by atoms with E-state index in [1.165, 1.54) is 17.1 Å². The van der Waals surface area contributed by atoms with E-state index in [1.54, 1.807) is 18.9 Å². The predicted octanol–water partition coefficient (Wildman–Crippen LogP) is 2.17. The van der Waals surface area contributed by atoms with Crippen LogP contribution in [0, 0.1) is 0 Å². The summed E-state index contributed by atoms with van der Waals surface area (Å²) >= 11 is 1.37. The molecular weight excluding hydrogens is 198 g/mol. The second-order valence-corrected chi connectivity index (χ2v) is 3.91. The van der Waals surface area contributed by atoms with E-state index in [0.29, 0.717) is 6.04 Å². The first-order chi connectivity index (χ1) is 6.84. The standard InChI is InChI=1S/C9H11N3OS/c1-7(4-8-2-3-13-5-8)12-9-10-6-11-14-9/h2-3,5-7H,4H2,1H3,(H,10,11,12). The van der Waals surface area contributed by atoms with Crippen LogP contribution in [0.25, 0.3) is 0 Å². The molecule has 4 nitrogen and oxygen atoms in total. The molecular formula is C9H11N3OS. The van der Waals surface area contributed by atoms with Crippen LogP contribution < -0.4 is 5.32 Å².